The Hall–Kier alpha value is -2.95. The number of nitrogens with zero attached hydrogens (tertiary/aromatic N) is 2. The molecule has 11 heteroatoms. The fourth-order valence-electron chi connectivity index (χ4n) is 2.55. The molecule has 2 aliphatic carbocycles. The maximum absolute atomic E-state index is 12.2. The van der Waals surface area contributed by atoms with Gasteiger partial charge < -0.3 is 16.2 Å². The average molecular weight is 397 g/mol. The summed E-state index contributed by atoms with van der Waals surface area (Å²) in [7, 11) is 0. The maximum Gasteiger partial charge on any atom is 0.490 e. The highest BCUT2D eigenvalue weighted by molar-refractivity contribution is 5.90. The molecule has 0 aliphatic heterocycles. The molecule has 0 bridgehead atoms. The third kappa shape index (κ3) is 4.30. The maximum atomic E-state index is 12.2. The summed E-state index contributed by atoms with van der Waals surface area (Å²) in [6, 6.07) is 3.96. The minimum absolute atomic E-state index is 0.0458. The summed E-state index contributed by atoms with van der Waals surface area (Å²) in [6.07, 6.45) is 3.69. The minimum atomic E-state index is -5.08. The number of hydrogen-bond donors (Lipinski definition) is 4. The Bertz CT molecular complexity index is 874. The minimum Gasteiger partial charge on any atom is -0.475 e. The number of nitrogens with one attached hydrogen (secondary N) is 2. The molecule has 5 N–H and O–H groups in total. The van der Waals surface area contributed by atoms with Gasteiger partial charge in [-0.1, -0.05) is 0 Å². The van der Waals surface area contributed by atoms with Crippen LogP contribution in [0.3, 0.4) is 0 Å². The summed E-state index contributed by atoms with van der Waals surface area (Å²) >= 11 is 0. The number of aliphatic carboxylic acids is 1. The van der Waals surface area contributed by atoms with Crippen molar-refractivity contribution in [3.05, 3.63) is 36.4 Å². The molecular weight excluding hydrogens is 379 g/mol. The Labute approximate surface area is 157 Å². The number of carboxylic acids is 1. The van der Waals surface area contributed by atoms with Gasteiger partial charge in [-0.25, -0.2) is 4.79 Å². The van der Waals surface area contributed by atoms with E-state index >= 15 is 0 Å². The fraction of sp³-hybridized carbons (Fsp3) is 0.412. The molecule has 0 aromatic carbocycles. The Kier molecular flexibility index (Phi) is 4.88. The lowest BCUT2D eigenvalue weighted by Gasteiger charge is -2.20. The number of nitrogens with two attached hydrogens (primary N) is 1. The van der Waals surface area contributed by atoms with E-state index in [0.29, 0.717) is 0 Å². The molecule has 0 radical (unpaired) electrons. The van der Waals surface area contributed by atoms with Crippen LogP contribution in [0.2, 0.25) is 0 Å². The monoisotopic (exact) mass is 397 g/mol. The van der Waals surface area contributed by atoms with Gasteiger partial charge in [-0.3, -0.25) is 14.9 Å². The van der Waals surface area contributed by atoms with Gasteiger partial charge in [0.2, 0.25) is 5.91 Å². The van der Waals surface area contributed by atoms with Crippen molar-refractivity contribution in [2.75, 3.05) is 0 Å². The lowest BCUT2D eigenvalue weighted by molar-refractivity contribution is -0.192. The van der Waals surface area contributed by atoms with Crippen molar-refractivity contribution >= 4 is 11.9 Å². The summed E-state index contributed by atoms with van der Waals surface area (Å²) in [4.78, 5) is 25.5. The molecule has 0 saturated heterocycles. The van der Waals surface area contributed by atoms with Crippen molar-refractivity contribution in [1.82, 2.24) is 20.5 Å². The second-order valence-electron chi connectivity index (χ2n) is 6.91. The summed E-state index contributed by atoms with van der Waals surface area (Å²) in [5, 5.41) is 17.0. The third-order valence-corrected chi connectivity index (χ3v) is 4.67. The third-order valence-electron chi connectivity index (χ3n) is 4.67. The van der Waals surface area contributed by atoms with Gasteiger partial charge in [0.15, 0.2) is 0 Å². The van der Waals surface area contributed by atoms with E-state index in [9.17, 15) is 18.0 Å². The summed E-state index contributed by atoms with van der Waals surface area (Å²) in [5.74, 6) is -2.80. The topological polar surface area (TPSA) is 134 Å². The average Bonchev–Trinajstić information content (AvgIpc) is 3.52. The molecule has 150 valence electrons. The van der Waals surface area contributed by atoms with Crippen LogP contribution in [0.4, 0.5) is 13.2 Å². The lowest BCUT2D eigenvalue weighted by atomic mass is 10.1. The number of carbonyl (C=O) groups is 2. The SMILES string of the molecule is NC1(C(=O)NC2(c3cc(-c4cn[nH]c4)ccn3)CC2)CC1.O=C(O)C(F)(F)F. The molecule has 2 aromatic heterocycles. The number of hydrogen-bond acceptors (Lipinski definition) is 5. The standard InChI is InChI=1S/C15H17N5O.C2HF3O2/c16-14(2-3-14)13(21)20-15(4-5-15)12-7-10(1-6-17-12)11-8-18-19-9-11;3-2(4,5)1(6)7/h1,6-9H,2-5,16H2,(H,18,19)(H,20,21);(H,6,7). The first-order chi connectivity index (χ1) is 13.1. The van der Waals surface area contributed by atoms with Crippen LogP contribution in [0.25, 0.3) is 11.1 Å². The number of pyridine rings is 1. The smallest absolute Gasteiger partial charge is 0.475 e. The zero-order valence-electron chi connectivity index (χ0n) is 14.6. The van der Waals surface area contributed by atoms with E-state index in [1.165, 1.54) is 0 Å². The van der Waals surface area contributed by atoms with E-state index in [2.05, 4.69) is 20.5 Å². The van der Waals surface area contributed by atoms with Gasteiger partial charge in [0.1, 0.15) is 0 Å². The molecule has 1 amide bonds. The van der Waals surface area contributed by atoms with Gasteiger partial charge >= 0.3 is 12.1 Å². The number of H-pyrrole nitrogens is 1. The van der Waals surface area contributed by atoms with Gasteiger partial charge in [-0.2, -0.15) is 18.3 Å². The van der Waals surface area contributed by atoms with Gasteiger partial charge in [0.05, 0.1) is 23.0 Å². The van der Waals surface area contributed by atoms with Gasteiger partial charge in [0.25, 0.3) is 0 Å². The number of rotatable bonds is 4. The van der Waals surface area contributed by atoms with E-state index in [1.54, 1.807) is 12.4 Å². The molecule has 8 nitrogen and oxygen atoms in total. The number of aromatic amines is 1. The highest BCUT2D eigenvalue weighted by atomic mass is 19.4. The molecular formula is C17H18F3N5O3. The van der Waals surface area contributed by atoms with Gasteiger partial charge in [-0.15, -0.1) is 0 Å². The molecule has 0 unspecified atom stereocenters. The molecule has 0 atom stereocenters. The predicted molar refractivity (Wildman–Crippen MR) is 90.7 cm³/mol. The molecule has 4 rings (SSSR count). The largest absolute Gasteiger partial charge is 0.490 e. The van der Waals surface area contributed by atoms with Crippen LogP contribution in [0, 0.1) is 0 Å². The number of amides is 1. The molecule has 28 heavy (non-hydrogen) atoms. The fourth-order valence-corrected chi connectivity index (χ4v) is 2.55. The van der Waals surface area contributed by atoms with Crippen molar-refractivity contribution in [3.8, 4) is 11.1 Å². The number of alkyl halides is 3. The van der Waals surface area contributed by atoms with Crippen molar-refractivity contribution < 1.29 is 27.9 Å². The van der Waals surface area contributed by atoms with E-state index in [0.717, 1.165) is 42.5 Å². The Morgan fingerprint density at radius 2 is 1.86 bits per heavy atom. The van der Waals surface area contributed by atoms with Crippen molar-refractivity contribution in [3.63, 3.8) is 0 Å². The van der Waals surface area contributed by atoms with E-state index in [1.807, 2.05) is 18.3 Å². The van der Waals surface area contributed by atoms with Crippen molar-refractivity contribution in [2.24, 2.45) is 5.73 Å². The van der Waals surface area contributed by atoms with Crippen LogP contribution >= 0.6 is 0 Å². The van der Waals surface area contributed by atoms with Crippen LogP contribution in [-0.4, -0.2) is 43.9 Å². The number of aromatic nitrogens is 3. The van der Waals surface area contributed by atoms with Gasteiger partial charge in [-0.05, 0) is 43.4 Å². The Balaban J connectivity index is 0.000000279. The summed E-state index contributed by atoms with van der Waals surface area (Å²) < 4.78 is 31.7. The summed E-state index contributed by atoms with van der Waals surface area (Å²) in [5.41, 5.74) is 7.96. The first-order valence-corrected chi connectivity index (χ1v) is 8.43. The Morgan fingerprint density at radius 1 is 1.21 bits per heavy atom. The Morgan fingerprint density at radius 3 is 2.32 bits per heavy atom. The molecule has 2 saturated carbocycles. The number of carbonyl (C=O) groups excluding carboxylic acids is 1. The van der Waals surface area contributed by atoms with Crippen molar-refractivity contribution in [2.45, 2.75) is 42.9 Å². The first-order valence-electron chi connectivity index (χ1n) is 8.43. The van der Waals surface area contributed by atoms with Crippen LogP contribution in [0.1, 0.15) is 31.4 Å². The quantitative estimate of drug-likeness (QED) is 0.620. The van der Waals surface area contributed by atoms with Crippen LogP contribution in [-0.2, 0) is 15.1 Å². The zero-order chi connectivity index (χ0) is 20.6. The van der Waals surface area contributed by atoms with Crippen LogP contribution < -0.4 is 11.1 Å². The molecule has 2 heterocycles. The van der Waals surface area contributed by atoms with E-state index in [-0.39, 0.29) is 11.4 Å². The van der Waals surface area contributed by atoms with Crippen LogP contribution in [0.15, 0.2) is 30.7 Å². The molecule has 2 aromatic rings. The predicted octanol–water partition coefficient (Wildman–Crippen LogP) is 1.70. The molecule has 2 fully saturated rings. The first kappa shape index (κ1) is 19.8. The van der Waals surface area contributed by atoms with Crippen molar-refractivity contribution in [1.29, 1.82) is 0 Å². The highest BCUT2D eigenvalue weighted by Crippen LogP contribution is 2.46. The van der Waals surface area contributed by atoms with Crippen LogP contribution in [0.5, 0.6) is 0 Å². The second-order valence-corrected chi connectivity index (χ2v) is 6.91. The highest BCUT2D eigenvalue weighted by Gasteiger charge is 2.53. The van der Waals surface area contributed by atoms with Gasteiger partial charge in [0, 0.05) is 18.0 Å². The summed E-state index contributed by atoms with van der Waals surface area (Å²) in [6.45, 7) is 0. The normalized spacial score (nSPS) is 18.4. The number of halogens is 3. The number of carboxylic acid groups (broad SMARTS) is 1. The zero-order valence-corrected chi connectivity index (χ0v) is 14.6. The lowest BCUT2D eigenvalue weighted by Crippen LogP contribution is -2.47. The second kappa shape index (κ2) is 6.89. The van der Waals surface area contributed by atoms with E-state index in [4.69, 9.17) is 15.6 Å². The molecule has 2 aliphatic rings. The van der Waals surface area contributed by atoms with E-state index < -0.39 is 17.7 Å². The molecule has 0 spiro atoms.